The van der Waals surface area contributed by atoms with Gasteiger partial charge in [0.05, 0.1) is 12.3 Å². The normalized spacial score (nSPS) is 20.2. The van der Waals surface area contributed by atoms with Crippen LogP contribution in [0.4, 0.5) is 0 Å². The Balaban J connectivity index is 1.71. The summed E-state index contributed by atoms with van der Waals surface area (Å²) in [5, 5.41) is 2.02. The van der Waals surface area contributed by atoms with Gasteiger partial charge in [0.2, 0.25) is 0 Å². The highest BCUT2D eigenvalue weighted by Crippen LogP contribution is 2.21. The largest absolute Gasteiger partial charge is 0.465 e. The Hall–Kier alpha value is -1.40. The highest BCUT2D eigenvalue weighted by Gasteiger charge is 2.32. The van der Waals surface area contributed by atoms with Crippen molar-refractivity contribution in [2.24, 2.45) is 0 Å². The molecule has 0 aromatic carbocycles. The lowest BCUT2D eigenvalue weighted by molar-refractivity contribution is -0.148. The first-order valence-electron chi connectivity index (χ1n) is 6.59. The SMILES string of the molecule is CCOC(=O)C1CCCN1Cc1cn2ccsc2n1. The van der Waals surface area contributed by atoms with Crippen molar-refractivity contribution >= 4 is 22.3 Å². The van der Waals surface area contributed by atoms with E-state index in [9.17, 15) is 4.79 Å². The molecule has 1 fully saturated rings. The zero-order chi connectivity index (χ0) is 13.2. The third kappa shape index (κ3) is 2.50. The van der Waals surface area contributed by atoms with Crippen molar-refractivity contribution in [1.82, 2.24) is 14.3 Å². The van der Waals surface area contributed by atoms with Crippen LogP contribution in [0.3, 0.4) is 0 Å². The second-order valence-corrected chi connectivity index (χ2v) is 5.58. The predicted octanol–water partition coefficient (Wildman–Crippen LogP) is 1.92. The lowest BCUT2D eigenvalue weighted by Crippen LogP contribution is -2.36. The molecule has 0 bridgehead atoms. The van der Waals surface area contributed by atoms with Crippen LogP contribution in [0.15, 0.2) is 17.8 Å². The number of thiazole rings is 1. The van der Waals surface area contributed by atoms with Crippen molar-refractivity contribution in [2.75, 3.05) is 13.2 Å². The average Bonchev–Trinajstić information content (AvgIpc) is 3.04. The van der Waals surface area contributed by atoms with Gasteiger partial charge in [-0.2, -0.15) is 0 Å². The maximum Gasteiger partial charge on any atom is 0.323 e. The second-order valence-electron chi connectivity index (χ2n) is 4.71. The Kier molecular flexibility index (Phi) is 3.52. The van der Waals surface area contributed by atoms with E-state index in [0.29, 0.717) is 6.61 Å². The summed E-state index contributed by atoms with van der Waals surface area (Å²) in [6.45, 7) is 3.95. The van der Waals surface area contributed by atoms with Gasteiger partial charge in [-0.05, 0) is 26.3 Å². The molecule has 102 valence electrons. The fourth-order valence-electron chi connectivity index (χ4n) is 2.58. The van der Waals surface area contributed by atoms with Crippen LogP contribution in [0.25, 0.3) is 4.96 Å². The lowest BCUT2D eigenvalue weighted by atomic mass is 10.2. The summed E-state index contributed by atoms with van der Waals surface area (Å²) >= 11 is 1.62. The summed E-state index contributed by atoms with van der Waals surface area (Å²) in [6, 6.07) is -0.0975. The zero-order valence-electron chi connectivity index (χ0n) is 10.9. The van der Waals surface area contributed by atoms with E-state index < -0.39 is 0 Å². The van der Waals surface area contributed by atoms with Crippen LogP contribution in [0, 0.1) is 0 Å². The number of imidazole rings is 1. The third-order valence-corrected chi connectivity index (χ3v) is 4.20. The molecule has 1 aliphatic heterocycles. The molecule has 5 nitrogen and oxygen atoms in total. The molecule has 0 spiro atoms. The topological polar surface area (TPSA) is 46.8 Å². The third-order valence-electron chi connectivity index (χ3n) is 3.43. The first kappa shape index (κ1) is 12.6. The van der Waals surface area contributed by atoms with Crippen molar-refractivity contribution in [2.45, 2.75) is 32.4 Å². The van der Waals surface area contributed by atoms with Crippen LogP contribution in [0.1, 0.15) is 25.5 Å². The molecule has 0 N–H and O–H groups in total. The molecular formula is C13H17N3O2S. The van der Waals surface area contributed by atoms with Crippen LogP contribution >= 0.6 is 11.3 Å². The summed E-state index contributed by atoms with van der Waals surface area (Å²) < 4.78 is 7.16. The number of ether oxygens (including phenoxy) is 1. The molecule has 0 amide bonds. The van der Waals surface area contributed by atoms with Gasteiger partial charge in [0.15, 0.2) is 4.96 Å². The molecule has 19 heavy (non-hydrogen) atoms. The van der Waals surface area contributed by atoms with E-state index in [4.69, 9.17) is 4.74 Å². The molecule has 2 aromatic rings. The highest BCUT2D eigenvalue weighted by atomic mass is 32.1. The summed E-state index contributed by atoms with van der Waals surface area (Å²) in [7, 11) is 0. The number of hydrogen-bond donors (Lipinski definition) is 0. The molecule has 0 saturated carbocycles. The van der Waals surface area contributed by atoms with E-state index in [1.54, 1.807) is 11.3 Å². The van der Waals surface area contributed by atoms with Crippen molar-refractivity contribution in [1.29, 1.82) is 0 Å². The Labute approximate surface area is 115 Å². The summed E-state index contributed by atoms with van der Waals surface area (Å²) in [5.74, 6) is -0.0963. The van der Waals surface area contributed by atoms with Crippen LogP contribution in [0.2, 0.25) is 0 Å². The van der Waals surface area contributed by atoms with Crippen molar-refractivity contribution < 1.29 is 9.53 Å². The van der Waals surface area contributed by atoms with E-state index in [-0.39, 0.29) is 12.0 Å². The predicted molar refractivity (Wildman–Crippen MR) is 73.1 cm³/mol. The lowest BCUT2D eigenvalue weighted by Gasteiger charge is -2.21. The number of hydrogen-bond acceptors (Lipinski definition) is 5. The van der Waals surface area contributed by atoms with Crippen molar-refractivity contribution in [3.8, 4) is 0 Å². The number of rotatable bonds is 4. The smallest absolute Gasteiger partial charge is 0.323 e. The number of fused-ring (bicyclic) bond motifs is 1. The van der Waals surface area contributed by atoms with Crippen molar-refractivity contribution in [3.63, 3.8) is 0 Å². The molecule has 3 rings (SSSR count). The molecule has 0 radical (unpaired) electrons. The van der Waals surface area contributed by atoms with Crippen LogP contribution in [-0.4, -0.2) is 39.4 Å². The summed E-state index contributed by atoms with van der Waals surface area (Å²) in [5.41, 5.74) is 1.02. The molecule has 1 saturated heterocycles. The zero-order valence-corrected chi connectivity index (χ0v) is 11.7. The highest BCUT2D eigenvalue weighted by molar-refractivity contribution is 7.15. The Morgan fingerprint density at radius 3 is 3.32 bits per heavy atom. The van der Waals surface area contributed by atoms with E-state index in [1.807, 2.05) is 29.1 Å². The van der Waals surface area contributed by atoms with Gasteiger partial charge in [-0.1, -0.05) is 0 Å². The van der Waals surface area contributed by atoms with E-state index >= 15 is 0 Å². The number of carbonyl (C=O) groups excluding carboxylic acids is 1. The monoisotopic (exact) mass is 279 g/mol. The number of nitrogens with zero attached hydrogens (tertiary/aromatic N) is 3. The summed E-state index contributed by atoms with van der Waals surface area (Å²) in [4.78, 5) is 19.6. The molecule has 1 atom stereocenters. The molecule has 2 aromatic heterocycles. The van der Waals surface area contributed by atoms with Crippen LogP contribution in [-0.2, 0) is 16.1 Å². The van der Waals surface area contributed by atoms with Gasteiger partial charge in [-0.25, -0.2) is 4.98 Å². The van der Waals surface area contributed by atoms with Gasteiger partial charge in [0, 0.05) is 24.3 Å². The minimum absolute atomic E-state index is 0.0963. The van der Waals surface area contributed by atoms with Crippen molar-refractivity contribution in [3.05, 3.63) is 23.5 Å². The Morgan fingerprint density at radius 1 is 1.63 bits per heavy atom. The minimum atomic E-state index is -0.0975. The molecular weight excluding hydrogens is 262 g/mol. The Morgan fingerprint density at radius 2 is 2.53 bits per heavy atom. The fraction of sp³-hybridized carbons (Fsp3) is 0.538. The quantitative estimate of drug-likeness (QED) is 0.802. The minimum Gasteiger partial charge on any atom is -0.465 e. The van der Waals surface area contributed by atoms with E-state index in [1.165, 1.54) is 0 Å². The molecule has 0 aliphatic carbocycles. The molecule has 6 heteroatoms. The summed E-state index contributed by atoms with van der Waals surface area (Å²) in [6.07, 6.45) is 5.97. The first-order valence-corrected chi connectivity index (χ1v) is 7.47. The number of esters is 1. The van der Waals surface area contributed by atoms with Gasteiger partial charge in [-0.15, -0.1) is 11.3 Å². The Bertz CT molecular complexity index is 549. The molecule has 1 aliphatic rings. The van der Waals surface area contributed by atoms with Gasteiger partial charge in [0.1, 0.15) is 6.04 Å². The number of aromatic nitrogens is 2. The van der Waals surface area contributed by atoms with Gasteiger partial charge < -0.3 is 4.74 Å². The van der Waals surface area contributed by atoms with Crippen LogP contribution in [0.5, 0.6) is 0 Å². The first-order chi connectivity index (χ1) is 9.28. The fourth-order valence-corrected chi connectivity index (χ4v) is 3.30. The molecule has 3 heterocycles. The molecule has 1 unspecified atom stereocenters. The van der Waals surface area contributed by atoms with Gasteiger partial charge in [-0.3, -0.25) is 14.1 Å². The van der Waals surface area contributed by atoms with Gasteiger partial charge >= 0.3 is 5.97 Å². The van der Waals surface area contributed by atoms with E-state index in [0.717, 1.165) is 36.6 Å². The van der Waals surface area contributed by atoms with Crippen LogP contribution < -0.4 is 0 Å². The van der Waals surface area contributed by atoms with E-state index in [2.05, 4.69) is 9.88 Å². The maximum absolute atomic E-state index is 11.9. The number of carbonyl (C=O) groups is 1. The van der Waals surface area contributed by atoms with Gasteiger partial charge in [0.25, 0.3) is 0 Å². The second kappa shape index (κ2) is 5.30. The maximum atomic E-state index is 11.9. The standard InChI is InChI=1S/C13H17N3O2S/c1-2-18-12(17)11-4-3-5-15(11)8-10-9-16-6-7-19-13(16)14-10/h6-7,9,11H,2-5,8H2,1H3. The average molecular weight is 279 g/mol. The number of likely N-dealkylation sites (tertiary alicyclic amines) is 1.